The highest BCUT2D eigenvalue weighted by Crippen LogP contribution is 2.27. The van der Waals surface area contributed by atoms with Gasteiger partial charge in [-0.05, 0) is 31.5 Å². The summed E-state index contributed by atoms with van der Waals surface area (Å²) in [7, 11) is 0. The molecule has 0 unspecified atom stereocenters. The van der Waals surface area contributed by atoms with Crippen LogP contribution >= 0.6 is 0 Å². The van der Waals surface area contributed by atoms with Gasteiger partial charge in [-0.3, -0.25) is 4.79 Å². The van der Waals surface area contributed by atoms with E-state index in [1.165, 1.54) is 0 Å². The lowest BCUT2D eigenvalue weighted by molar-refractivity contribution is 0.0991. The molecule has 122 valence electrons. The van der Waals surface area contributed by atoms with Gasteiger partial charge in [-0.2, -0.15) is 4.98 Å². The van der Waals surface area contributed by atoms with E-state index in [0.29, 0.717) is 23.0 Å². The second-order valence-electron chi connectivity index (χ2n) is 5.45. The lowest BCUT2D eigenvalue weighted by Crippen LogP contribution is -2.14. The predicted octanol–water partition coefficient (Wildman–Crippen LogP) is 3.28. The van der Waals surface area contributed by atoms with Crippen molar-refractivity contribution < 1.29 is 14.1 Å². The van der Waals surface area contributed by atoms with E-state index in [0.717, 1.165) is 11.1 Å². The highest BCUT2D eigenvalue weighted by atomic mass is 16.5. The van der Waals surface area contributed by atoms with Crippen molar-refractivity contribution in [2.45, 2.75) is 20.0 Å². The second kappa shape index (κ2) is 6.54. The maximum Gasteiger partial charge on any atom is 0.267 e. The minimum absolute atomic E-state index is 0.315. The number of rotatable bonds is 5. The van der Waals surface area contributed by atoms with Gasteiger partial charge in [0.05, 0.1) is 5.56 Å². The molecule has 0 radical (unpaired) electrons. The molecule has 2 N–H and O–H groups in total. The fourth-order valence-corrected chi connectivity index (χ4v) is 2.28. The molecule has 0 bridgehead atoms. The predicted molar refractivity (Wildman–Crippen MR) is 88.5 cm³/mol. The molecule has 2 aromatic carbocycles. The Balaban J connectivity index is 1.84. The molecular formula is C18H17N3O3. The van der Waals surface area contributed by atoms with Gasteiger partial charge in [0.15, 0.2) is 6.10 Å². The third-order valence-corrected chi connectivity index (χ3v) is 3.53. The maximum absolute atomic E-state index is 11.5. The van der Waals surface area contributed by atoms with Crippen LogP contribution in [0.5, 0.6) is 5.75 Å². The molecule has 6 heteroatoms. The number of hydrogen-bond acceptors (Lipinski definition) is 5. The third kappa shape index (κ3) is 3.27. The second-order valence-corrected chi connectivity index (χ2v) is 5.45. The first kappa shape index (κ1) is 15.7. The summed E-state index contributed by atoms with van der Waals surface area (Å²) in [4.78, 5) is 15.9. The number of primary amides is 1. The summed E-state index contributed by atoms with van der Waals surface area (Å²) in [6, 6.07) is 14.7. The summed E-state index contributed by atoms with van der Waals surface area (Å²) in [6.07, 6.45) is -0.519. The Morgan fingerprint density at radius 3 is 2.67 bits per heavy atom. The number of carbonyl (C=O) groups is 1. The molecule has 1 heterocycles. The topological polar surface area (TPSA) is 91.2 Å². The SMILES string of the molecule is Cc1ccc(C(N)=O)c(O[C@@H](C)c2nc(-c3ccccc3)no2)c1. The number of aryl methyl sites for hydroxylation is 1. The van der Waals surface area contributed by atoms with E-state index in [1.54, 1.807) is 25.1 Å². The van der Waals surface area contributed by atoms with Crippen molar-refractivity contribution in [2.24, 2.45) is 5.73 Å². The van der Waals surface area contributed by atoms with Gasteiger partial charge >= 0.3 is 0 Å². The molecule has 0 spiro atoms. The number of aromatic nitrogens is 2. The zero-order chi connectivity index (χ0) is 17.1. The highest BCUT2D eigenvalue weighted by molar-refractivity contribution is 5.95. The van der Waals surface area contributed by atoms with Gasteiger partial charge in [-0.25, -0.2) is 0 Å². The molecule has 0 aliphatic rings. The van der Waals surface area contributed by atoms with Crippen LogP contribution in [0.3, 0.4) is 0 Å². The van der Waals surface area contributed by atoms with E-state index in [-0.39, 0.29) is 0 Å². The van der Waals surface area contributed by atoms with E-state index in [4.69, 9.17) is 15.0 Å². The van der Waals surface area contributed by atoms with Gasteiger partial charge in [0.1, 0.15) is 5.75 Å². The van der Waals surface area contributed by atoms with Crippen LogP contribution in [0.4, 0.5) is 0 Å². The fourth-order valence-electron chi connectivity index (χ4n) is 2.28. The van der Waals surface area contributed by atoms with Crippen molar-refractivity contribution in [3.8, 4) is 17.1 Å². The zero-order valence-electron chi connectivity index (χ0n) is 13.4. The first-order valence-corrected chi connectivity index (χ1v) is 7.50. The largest absolute Gasteiger partial charge is 0.480 e. The van der Waals surface area contributed by atoms with Crippen molar-refractivity contribution in [2.75, 3.05) is 0 Å². The summed E-state index contributed by atoms with van der Waals surface area (Å²) in [5, 5.41) is 3.97. The number of ether oxygens (including phenoxy) is 1. The Morgan fingerprint density at radius 1 is 1.21 bits per heavy atom. The van der Waals surface area contributed by atoms with Crippen LogP contribution in [0, 0.1) is 6.92 Å². The number of carbonyl (C=O) groups excluding carboxylic acids is 1. The minimum Gasteiger partial charge on any atom is -0.480 e. The minimum atomic E-state index is -0.548. The highest BCUT2D eigenvalue weighted by Gasteiger charge is 2.19. The van der Waals surface area contributed by atoms with Gasteiger partial charge in [0.25, 0.3) is 11.8 Å². The van der Waals surface area contributed by atoms with Crippen LogP contribution in [0.25, 0.3) is 11.4 Å². The molecule has 0 saturated carbocycles. The van der Waals surface area contributed by atoms with Crippen LogP contribution in [0.15, 0.2) is 53.1 Å². The van der Waals surface area contributed by atoms with Crippen molar-refractivity contribution in [1.82, 2.24) is 10.1 Å². The first-order valence-electron chi connectivity index (χ1n) is 7.50. The van der Waals surface area contributed by atoms with Gasteiger partial charge in [0.2, 0.25) is 5.82 Å². The monoisotopic (exact) mass is 323 g/mol. The van der Waals surface area contributed by atoms with E-state index < -0.39 is 12.0 Å². The Kier molecular flexibility index (Phi) is 4.29. The standard InChI is InChI=1S/C18H17N3O3/c1-11-8-9-14(16(19)22)15(10-11)23-12(2)18-20-17(21-24-18)13-6-4-3-5-7-13/h3-10,12H,1-2H3,(H2,19,22)/t12-/m0/s1. The third-order valence-electron chi connectivity index (χ3n) is 3.53. The Hall–Kier alpha value is -3.15. The molecule has 3 rings (SSSR count). The summed E-state index contributed by atoms with van der Waals surface area (Å²) < 4.78 is 11.1. The summed E-state index contributed by atoms with van der Waals surface area (Å²) in [5.74, 6) is 0.661. The molecule has 0 aliphatic carbocycles. The molecule has 0 aliphatic heterocycles. The van der Waals surface area contributed by atoms with Crippen LogP contribution in [0.2, 0.25) is 0 Å². The molecule has 3 aromatic rings. The number of hydrogen-bond donors (Lipinski definition) is 1. The Morgan fingerprint density at radius 2 is 1.96 bits per heavy atom. The van der Waals surface area contributed by atoms with E-state index >= 15 is 0 Å². The number of nitrogens with zero attached hydrogens (tertiary/aromatic N) is 2. The molecule has 1 aromatic heterocycles. The van der Waals surface area contributed by atoms with Crippen LogP contribution < -0.4 is 10.5 Å². The van der Waals surface area contributed by atoms with Crippen LogP contribution in [0.1, 0.15) is 34.8 Å². The average Bonchev–Trinajstić information content (AvgIpc) is 3.05. The first-order chi connectivity index (χ1) is 11.5. The van der Waals surface area contributed by atoms with Crippen molar-refractivity contribution in [1.29, 1.82) is 0 Å². The Labute approximate surface area is 139 Å². The summed E-state index contributed by atoms with van der Waals surface area (Å²) in [6.45, 7) is 3.68. The molecule has 0 saturated heterocycles. The maximum atomic E-state index is 11.5. The zero-order valence-corrected chi connectivity index (χ0v) is 13.4. The Bertz CT molecular complexity index is 859. The number of benzene rings is 2. The molecular weight excluding hydrogens is 306 g/mol. The lowest BCUT2D eigenvalue weighted by Gasteiger charge is -2.14. The quantitative estimate of drug-likeness (QED) is 0.778. The smallest absolute Gasteiger partial charge is 0.267 e. The lowest BCUT2D eigenvalue weighted by atomic mass is 10.1. The van der Waals surface area contributed by atoms with Gasteiger partial charge in [0, 0.05) is 5.56 Å². The normalized spacial score (nSPS) is 11.9. The van der Waals surface area contributed by atoms with Crippen molar-refractivity contribution in [3.63, 3.8) is 0 Å². The van der Waals surface area contributed by atoms with Gasteiger partial charge in [-0.15, -0.1) is 0 Å². The number of amides is 1. The van der Waals surface area contributed by atoms with Crippen LogP contribution in [-0.2, 0) is 0 Å². The van der Waals surface area contributed by atoms with Gasteiger partial charge < -0.3 is 15.0 Å². The van der Waals surface area contributed by atoms with Gasteiger partial charge in [-0.1, -0.05) is 41.6 Å². The summed E-state index contributed by atoms with van der Waals surface area (Å²) >= 11 is 0. The molecule has 1 amide bonds. The van der Waals surface area contributed by atoms with E-state index in [9.17, 15) is 4.79 Å². The number of nitrogens with two attached hydrogens (primary N) is 1. The van der Waals surface area contributed by atoms with Crippen LogP contribution in [-0.4, -0.2) is 16.0 Å². The average molecular weight is 323 g/mol. The van der Waals surface area contributed by atoms with E-state index in [2.05, 4.69) is 10.1 Å². The molecule has 6 nitrogen and oxygen atoms in total. The van der Waals surface area contributed by atoms with Crippen molar-refractivity contribution in [3.05, 3.63) is 65.5 Å². The molecule has 1 atom stereocenters. The molecule has 0 fully saturated rings. The summed E-state index contributed by atoms with van der Waals surface area (Å²) in [5.41, 5.74) is 7.51. The molecule has 24 heavy (non-hydrogen) atoms. The fraction of sp³-hybridized carbons (Fsp3) is 0.167. The van der Waals surface area contributed by atoms with E-state index in [1.807, 2.05) is 37.3 Å². The van der Waals surface area contributed by atoms with Crippen molar-refractivity contribution >= 4 is 5.91 Å².